The average molecular weight is 707 g/mol. The number of carbonyl (C=O) groups excluding carboxylic acids is 3. The van der Waals surface area contributed by atoms with Crippen LogP contribution in [-0.2, 0) is 35.0 Å². The second-order valence-electron chi connectivity index (χ2n) is 12.5. The van der Waals surface area contributed by atoms with Crippen molar-refractivity contribution in [3.63, 3.8) is 0 Å². The SMILES string of the molecule is C=COC(=O)C=C.COC(=O)[C@H]1[C@H]2C[C@@H]3c4[nH]c5cc(OC)ccc5c4CCN3C[C@H]2C[C@@H](OC(=O)c2cc(OC)c(OC)c(OC)c2)[C@@H]1OC. The number of methoxy groups -OCH3 is 6. The van der Waals surface area contributed by atoms with Crippen molar-refractivity contribution < 1.29 is 52.3 Å². The summed E-state index contributed by atoms with van der Waals surface area (Å²) in [6.07, 6.45) is 3.05. The summed E-state index contributed by atoms with van der Waals surface area (Å²) in [4.78, 5) is 43.1. The first-order chi connectivity index (χ1) is 24.7. The van der Waals surface area contributed by atoms with Gasteiger partial charge >= 0.3 is 17.9 Å². The van der Waals surface area contributed by atoms with Gasteiger partial charge in [0.1, 0.15) is 18.0 Å². The molecular formula is C38H46N2O11. The summed E-state index contributed by atoms with van der Waals surface area (Å²) in [7, 11) is 9.10. The average Bonchev–Trinajstić information content (AvgIpc) is 3.54. The molecule has 51 heavy (non-hydrogen) atoms. The van der Waals surface area contributed by atoms with Crippen LogP contribution in [0.25, 0.3) is 10.9 Å². The van der Waals surface area contributed by atoms with Gasteiger partial charge in [-0.05, 0) is 60.9 Å². The number of ether oxygens (including phenoxy) is 8. The molecule has 3 aliphatic rings. The fraction of sp³-hybridized carbons (Fsp3) is 0.447. The van der Waals surface area contributed by atoms with Crippen LogP contribution < -0.4 is 18.9 Å². The van der Waals surface area contributed by atoms with Crippen LogP contribution in [0.4, 0.5) is 0 Å². The number of hydrogen-bond donors (Lipinski definition) is 1. The lowest BCUT2D eigenvalue weighted by Crippen LogP contribution is -2.58. The molecule has 1 saturated heterocycles. The number of nitrogens with one attached hydrogen (secondary N) is 1. The molecule has 0 spiro atoms. The first-order valence-electron chi connectivity index (χ1n) is 16.6. The maximum atomic E-state index is 13.5. The number of aromatic nitrogens is 1. The Labute approximate surface area is 297 Å². The number of benzene rings is 2. The summed E-state index contributed by atoms with van der Waals surface area (Å²) in [6, 6.07) is 9.40. The molecule has 3 heterocycles. The van der Waals surface area contributed by atoms with E-state index in [0.29, 0.717) is 23.7 Å². The molecule has 274 valence electrons. The Balaban J connectivity index is 0.000000654. The molecule has 3 aromatic rings. The van der Waals surface area contributed by atoms with Gasteiger partial charge in [-0.1, -0.05) is 13.2 Å². The molecule has 1 saturated carbocycles. The number of nitrogens with zero attached hydrogens (tertiary/aromatic N) is 1. The third-order valence-electron chi connectivity index (χ3n) is 10.1. The van der Waals surface area contributed by atoms with Crippen LogP contribution >= 0.6 is 0 Å². The van der Waals surface area contributed by atoms with Crippen LogP contribution in [-0.4, -0.2) is 95.7 Å². The molecule has 1 N–H and O–H groups in total. The molecular weight excluding hydrogens is 660 g/mol. The van der Waals surface area contributed by atoms with Gasteiger partial charge in [0.05, 0.1) is 59.3 Å². The van der Waals surface area contributed by atoms with Crippen LogP contribution in [0.5, 0.6) is 23.0 Å². The Kier molecular flexibility index (Phi) is 11.9. The van der Waals surface area contributed by atoms with Gasteiger partial charge in [0.2, 0.25) is 5.75 Å². The largest absolute Gasteiger partial charge is 0.497 e. The van der Waals surface area contributed by atoms with E-state index in [9.17, 15) is 14.4 Å². The van der Waals surface area contributed by atoms with Gasteiger partial charge in [0.25, 0.3) is 0 Å². The number of carbonyl (C=O) groups is 3. The zero-order valence-corrected chi connectivity index (χ0v) is 29.9. The van der Waals surface area contributed by atoms with Gasteiger partial charge < -0.3 is 42.9 Å². The zero-order valence-electron chi connectivity index (χ0n) is 29.9. The lowest BCUT2D eigenvalue weighted by atomic mass is 9.63. The molecule has 0 amide bonds. The fourth-order valence-electron chi connectivity index (χ4n) is 7.89. The van der Waals surface area contributed by atoms with Crippen molar-refractivity contribution in [1.29, 1.82) is 0 Å². The summed E-state index contributed by atoms with van der Waals surface area (Å²) in [5.41, 5.74) is 3.83. The van der Waals surface area contributed by atoms with Gasteiger partial charge in [-0.2, -0.15) is 0 Å². The van der Waals surface area contributed by atoms with Gasteiger partial charge in [-0.3, -0.25) is 9.69 Å². The highest BCUT2D eigenvalue weighted by Crippen LogP contribution is 2.51. The van der Waals surface area contributed by atoms with Crippen molar-refractivity contribution >= 4 is 28.8 Å². The number of aromatic amines is 1. The Morgan fingerprint density at radius 1 is 0.922 bits per heavy atom. The number of hydrogen-bond acceptors (Lipinski definition) is 12. The minimum Gasteiger partial charge on any atom is -0.497 e. The van der Waals surface area contributed by atoms with Crippen molar-refractivity contribution in [2.24, 2.45) is 17.8 Å². The summed E-state index contributed by atoms with van der Waals surface area (Å²) in [5, 5.41) is 1.21. The van der Waals surface area contributed by atoms with E-state index in [2.05, 4.69) is 33.8 Å². The molecule has 1 aromatic heterocycles. The normalized spacial score (nSPS) is 23.5. The zero-order chi connectivity index (χ0) is 36.8. The maximum Gasteiger partial charge on any atom is 0.338 e. The molecule has 0 bridgehead atoms. The maximum absolute atomic E-state index is 13.5. The summed E-state index contributed by atoms with van der Waals surface area (Å²) in [5.74, 6) is -0.0362. The molecule has 2 aromatic carbocycles. The van der Waals surface area contributed by atoms with Crippen molar-refractivity contribution in [3.05, 3.63) is 72.6 Å². The fourth-order valence-corrected chi connectivity index (χ4v) is 7.89. The first-order valence-corrected chi connectivity index (χ1v) is 16.6. The lowest BCUT2D eigenvalue weighted by molar-refractivity contribution is -0.176. The highest BCUT2D eigenvalue weighted by molar-refractivity contribution is 5.91. The number of piperidine rings is 1. The second-order valence-corrected chi connectivity index (χ2v) is 12.5. The minimum atomic E-state index is -0.670. The Bertz CT molecular complexity index is 1740. The topological polar surface area (TPSA) is 144 Å². The van der Waals surface area contributed by atoms with E-state index < -0.39 is 30.1 Å². The van der Waals surface area contributed by atoms with Crippen molar-refractivity contribution in [2.75, 3.05) is 55.7 Å². The number of H-pyrrole nitrogens is 1. The molecule has 2 fully saturated rings. The minimum absolute atomic E-state index is 0.0170. The standard InChI is InChI=1S/C33H40N2O9.C5H6O2/c1-38-19-7-8-20-21-9-10-35-16-18-13-27(44-32(36)17-11-25(39-2)30(41-4)26(12-17)40-3)31(42-5)28(33(37)43-6)22(18)15-24(35)29(21)34-23(20)14-19;1-3-5(6)7-4-2/h7-8,11-12,14,18,22,24,27-28,31,34H,9-10,13,15-16H2,1-6H3;3-4H,1-2H2/t18-,22+,24-,27-,28+,31+;/m1./s1. The summed E-state index contributed by atoms with van der Waals surface area (Å²) < 4.78 is 43.3. The van der Waals surface area contributed by atoms with Gasteiger partial charge in [-0.15, -0.1) is 0 Å². The first kappa shape index (κ1) is 37.3. The van der Waals surface area contributed by atoms with E-state index in [4.69, 9.17) is 33.2 Å². The molecule has 2 aliphatic heterocycles. The predicted octanol–water partition coefficient (Wildman–Crippen LogP) is 5.03. The van der Waals surface area contributed by atoms with Gasteiger partial charge in [0, 0.05) is 48.9 Å². The molecule has 13 nitrogen and oxygen atoms in total. The van der Waals surface area contributed by atoms with Gasteiger partial charge in [-0.25, -0.2) is 9.59 Å². The van der Waals surface area contributed by atoms with E-state index >= 15 is 0 Å². The van der Waals surface area contributed by atoms with Crippen molar-refractivity contribution in [2.45, 2.75) is 37.5 Å². The van der Waals surface area contributed by atoms with Crippen LogP contribution in [0.1, 0.15) is 40.5 Å². The molecule has 13 heteroatoms. The number of fused-ring (bicyclic) bond motifs is 6. The number of esters is 3. The highest BCUT2D eigenvalue weighted by atomic mass is 16.6. The van der Waals surface area contributed by atoms with E-state index in [1.807, 2.05) is 12.1 Å². The third kappa shape index (κ3) is 7.40. The summed E-state index contributed by atoms with van der Waals surface area (Å²) >= 11 is 0. The van der Waals surface area contributed by atoms with Crippen molar-refractivity contribution in [3.8, 4) is 23.0 Å². The Hall–Kier alpha value is -5.01. The predicted molar refractivity (Wildman–Crippen MR) is 187 cm³/mol. The van der Waals surface area contributed by atoms with E-state index in [-0.39, 0.29) is 29.4 Å². The van der Waals surface area contributed by atoms with Crippen LogP contribution in [0, 0.1) is 17.8 Å². The monoisotopic (exact) mass is 706 g/mol. The molecule has 6 atom stereocenters. The summed E-state index contributed by atoms with van der Waals surface area (Å²) in [6.45, 7) is 8.00. The van der Waals surface area contributed by atoms with E-state index in [0.717, 1.165) is 49.5 Å². The van der Waals surface area contributed by atoms with Crippen LogP contribution in [0.2, 0.25) is 0 Å². The van der Waals surface area contributed by atoms with E-state index in [1.54, 1.807) is 26.4 Å². The molecule has 6 rings (SSSR count). The molecule has 1 aliphatic carbocycles. The second kappa shape index (κ2) is 16.3. The highest BCUT2D eigenvalue weighted by Gasteiger charge is 2.54. The van der Waals surface area contributed by atoms with Crippen molar-refractivity contribution in [1.82, 2.24) is 9.88 Å². The Morgan fingerprint density at radius 3 is 2.22 bits per heavy atom. The lowest BCUT2D eigenvalue weighted by Gasteiger charge is -2.52. The van der Waals surface area contributed by atoms with Gasteiger partial charge in [0.15, 0.2) is 11.5 Å². The van der Waals surface area contributed by atoms with E-state index in [1.165, 1.54) is 45.1 Å². The molecule has 0 radical (unpaired) electrons. The third-order valence-corrected chi connectivity index (χ3v) is 10.1. The molecule has 0 unspecified atom stereocenters. The Morgan fingerprint density at radius 2 is 1.65 bits per heavy atom. The van der Waals surface area contributed by atoms with Crippen LogP contribution in [0.15, 0.2) is 55.8 Å². The number of rotatable bonds is 10. The van der Waals surface area contributed by atoms with Crippen LogP contribution in [0.3, 0.4) is 0 Å². The quantitative estimate of drug-likeness (QED) is 0.131. The smallest absolute Gasteiger partial charge is 0.338 e.